The minimum absolute atomic E-state index is 0.722. The summed E-state index contributed by atoms with van der Waals surface area (Å²) in [7, 11) is -4.26. The lowest BCUT2D eigenvalue weighted by Gasteiger charge is -2.40. The van der Waals surface area contributed by atoms with Crippen LogP contribution in [0.2, 0.25) is 25.7 Å². The van der Waals surface area contributed by atoms with Gasteiger partial charge in [-0.15, -0.1) is 0 Å². The normalized spacial score (nSPS) is 37.0. The third-order valence-electron chi connectivity index (χ3n) is 1.94. The largest absolute Gasteiger partial charge is 0.420 e. The predicted molar refractivity (Wildman–Crippen MR) is 56.0 cm³/mol. The van der Waals surface area contributed by atoms with Crippen molar-refractivity contribution in [1.29, 1.82) is 0 Å². The first kappa shape index (κ1) is 10.6. The number of hydrogen-bond donors (Lipinski definition) is 0. The summed E-state index contributed by atoms with van der Waals surface area (Å²) < 4.78 is 17.3. The minimum atomic E-state index is -1.77. The summed E-state index contributed by atoms with van der Waals surface area (Å²) in [5.41, 5.74) is 0. The fourth-order valence-electron chi connectivity index (χ4n) is 1.45. The molecule has 0 aromatic heterocycles. The van der Waals surface area contributed by atoms with Gasteiger partial charge in [-0.2, -0.15) is 0 Å². The van der Waals surface area contributed by atoms with Crippen LogP contribution < -0.4 is 0 Å². The molecule has 0 aliphatic carbocycles. The summed E-state index contributed by atoms with van der Waals surface area (Å²) in [6.07, 6.45) is 1.15. The molecule has 1 unspecified atom stereocenters. The molecule has 0 radical (unpaired) electrons. The van der Waals surface area contributed by atoms with Crippen LogP contribution in [-0.2, 0) is 12.3 Å². The topological polar surface area (TPSA) is 27.7 Å². The SMILES string of the molecule is CCC[Si]1(C)O[SiH2]O[Si](C)(C)O1. The molecule has 1 rings (SSSR count). The molecule has 0 amide bonds. The minimum Gasteiger partial charge on any atom is -0.420 e. The second-order valence-corrected chi connectivity index (χ2v) is 12.7. The van der Waals surface area contributed by atoms with Crippen LogP contribution in [-0.4, -0.2) is 27.1 Å². The summed E-state index contributed by atoms with van der Waals surface area (Å²) in [6.45, 7) is 8.57. The van der Waals surface area contributed by atoms with E-state index in [9.17, 15) is 0 Å². The third kappa shape index (κ3) is 2.79. The monoisotopic (exact) mass is 222 g/mol. The first-order valence-corrected chi connectivity index (χ1v) is 10.9. The van der Waals surface area contributed by atoms with E-state index in [1.54, 1.807) is 0 Å². The van der Waals surface area contributed by atoms with Crippen molar-refractivity contribution in [3.63, 3.8) is 0 Å². The Balaban J connectivity index is 2.55. The van der Waals surface area contributed by atoms with E-state index in [0.29, 0.717) is 0 Å². The molecule has 0 bridgehead atoms. The van der Waals surface area contributed by atoms with Crippen molar-refractivity contribution in [2.24, 2.45) is 0 Å². The Kier molecular flexibility index (Phi) is 3.29. The Hall–Kier alpha value is 0.531. The fraction of sp³-hybridized carbons (Fsp3) is 1.00. The van der Waals surface area contributed by atoms with Gasteiger partial charge in [-0.1, -0.05) is 13.3 Å². The van der Waals surface area contributed by atoms with E-state index in [4.69, 9.17) is 12.3 Å². The highest BCUT2D eigenvalue weighted by atomic mass is 28.5. The second kappa shape index (κ2) is 3.72. The molecule has 0 aromatic rings. The second-order valence-electron chi connectivity index (χ2n) is 3.79. The Morgan fingerprint density at radius 3 is 2.33 bits per heavy atom. The van der Waals surface area contributed by atoms with Crippen LogP contribution >= 0.6 is 0 Å². The van der Waals surface area contributed by atoms with Gasteiger partial charge < -0.3 is 12.3 Å². The van der Waals surface area contributed by atoms with Gasteiger partial charge in [0, 0.05) is 0 Å². The Labute approximate surface area is 79.0 Å². The van der Waals surface area contributed by atoms with Crippen molar-refractivity contribution in [2.75, 3.05) is 0 Å². The van der Waals surface area contributed by atoms with E-state index in [-0.39, 0.29) is 0 Å². The first-order chi connectivity index (χ1) is 5.47. The number of hydrogen-bond acceptors (Lipinski definition) is 3. The summed E-state index contributed by atoms with van der Waals surface area (Å²) in [5, 5.41) is 0. The summed E-state index contributed by atoms with van der Waals surface area (Å²) >= 11 is 0. The summed E-state index contributed by atoms with van der Waals surface area (Å²) in [5.74, 6) is 0. The zero-order valence-corrected chi connectivity index (χ0v) is 11.8. The van der Waals surface area contributed by atoms with Crippen LogP contribution in [0, 0.1) is 0 Å². The van der Waals surface area contributed by atoms with Gasteiger partial charge in [0.25, 0.3) is 10.0 Å². The predicted octanol–water partition coefficient (Wildman–Crippen LogP) is 1.23. The maximum atomic E-state index is 5.97. The van der Waals surface area contributed by atoms with Crippen molar-refractivity contribution in [3.05, 3.63) is 0 Å². The zero-order valence-electron chi connectivity index (χ0n) is 8.35. The standard InChI is InChI=1S/C6H18O3Si3/c1-5-6-12(4)8-10-7-11(2,3)9-12/h5-6,10H2,1-4H3. The van der Waals surface area contributed by atoms with E-state index in [2.05, 4.69) is 26.6 Å². The van der Waals surface area contributed by atoms with Crippen molar-refractivity contribution < 1.29 is 12.3 Å². The van der Waals surface area contributed by atoms with E-state index in [1.807, 2.05) is 0 Å². The highest BCUT2D eigenvalue weighted by Crippen LogP contribution is 2.25. The fourth-order valence-corrected chi connectivity index (χ4v) is 11.9. The van der Waals surface area contributed by atoms with Gasteiger partial charge in [-0.3, -0.25) is 0 Å². The molecular formula is C6H18O3Si3. The molecule has 0 saturated carbocycles. The van der Waals surface area contributed by atoms with E-state index in [0.717, 1.165) is 12.5 Å². The summed E-state index contributed by atoms with van der Waals surface area (Å²) in [6, 6.07) is 1.11. The van der Waals surface area contributed by atoms with Crippen LogP contribution in [0.15, 0.2) is 0 Å². The molecule has 12 heavy (non-hydrogen) atoms. The molecule has 6 heteroatoms. The van der Waals surface area contributed by atoms with Gasteiger partial charge in [0.2, 0.25) is 0 Å². The Morgan fingerprint density at radius 2 is 1.83 bits per heavy atom. The average Bonchev–Trinajstić information content (AvgIpc) is 1.83. The molecule has 1 heterocycles. The van der Waals surface area contributed by atoms with Crippen molar-refractivity contribution in [2.45, 2.75) is 39.0 Å². The molecule has 1 fully saturated rings. The smallest absolute Gasteiger partial charge is 0.316 e. The van der Waals surface area contributed by atoms with E-state index >= 15 is 0 Å². The molecule has 1 atom stereocenters. The van der Waals surface area contributed by atoms with Gasteiger partial charge in [-0.25, -0.2) is 0 Å². The Bertz CT molecular complexity index is 160. The highest BCUT2D eigenvalue weighted by Gasteiger charge is 2.43. The lowest BCUT2D eigenvalue weighted by molar-refractivity contribution is 0.264. The van der Waals surface area contributed by atoms with Crippen LogP contribution in [0.4, 0.5) is 0 Å². The molecule has 72 valence electrons. The van der Waals surface area contributed by atoms with Crippen molar-refractivity contribution >= 4 is 27.1 Å². The molecule has 1 saturated heterocycles. The first-order valence-electron chi connectivity index (χ1n) is 4.45. The summed E-state index contributed by atoms with van der Waals surface area (Å²) in [4.78, 5) is 0. The maximum absolute atomic E-state index is 5.97. The molecule has 0 spiro atoms. The molecule has 1 aliphatic rings. The van der Waals surface area contributed by atoms with E-state index < -0.39 is 27.1 Å². The van der Waals surface area contributed by atoms with Crippen molar-refractivity contribution in [3.8, 4) is 0 Å². The van der Waals surface area contributed by atoms with Gasteiger partial charge >= 0.3 is 17.1 Å². The van der Waals surface area contributed by atoms with Gasteiger partial charge in [0.1, 0.15) is 0 Å². The molecule has 3 nitrogen and oxygen atoms in total. The van der Waals surface area contributed by atoms with Gasteiger partial charge in [0.15, 0.2) is 0 Å². The van der Waals surface area contributed by atoms with Gasteiger partial charge in [0.05, 0.1) is 0 Å². The Morgan fingerprint density at radius 1 is 1.17 bits per heavy atom. The quantitative estimate of drug-likeness (QED) is 0.658. The number of rotatable bonds is 2. The van der Waals surface area contributed by atoms with Crippen LogP contribution in [0.3, 0.4) is 0 Å². The van der Waals surface area contributed by atoms with Crippen LogP contribution in [0.1, 0.15) is 13.3 Å². The van der Waals surface area contributed by atoms with Gasteiger partial charge in [-0.05, 0) is 25.7 Å². The third-order valence-corrected chi connectivity index (χ3v) is 13.2. The van der Waals surface area contributed by atoms with Crippen LogP contribution in [0.5, 0.6) is 0 Å². The van der Waals surface area contributed by atoms with Crippen LogP contribution in [0.25, 0.3) is 0 Å². The molecule has 0 N–H and O–H groups in total. The lowest BCUT2D eigenvalue weighted by Crippen LogP contribution is -2.56. The average molecular weight is 222 g/mol. The maximum Gasteiger partial charge on any atom is 0.316 e. The molecular weight excluding hydrogens is 204 g/mol. The highest BCUT2D eigenvalue weighted by molar-refractivity contribution is 6.85. The lowest BCUT2D eigenvalue weighted by atomic mass is 10.6. The van der Waals surface area contributed by atoms with E-state index in [1.165, 1.54) is 0 Å². The zero-order chi connectivity index (χ0) is 9.24. The van der Waals surface area contributed by atoms with Crippen molar-refractivity contribution in [1.82, 2.24) is 0 Å². The molecule has 0 aromatic carbocycles. The molecule has 1 aliphatic heterocycles.